The first-order valence-electron chi connectivity index (χ1n) is 8.56. The van der Waals surface area contributed by atoms with Gasteiger partial charge in [0.05, 0.1) is 37.4 Å². The average molecular weight is 332 g/mol. The second-order valence-electron chi connectivity index (χ2n) is 6.32. The third-order valence-electron chi connectivity index (χ3n) is 4.52. The zero-order valence-corrected chi connectivity index (χ0v) is 14.0. The highest BCUT2D eigenvalue weighted by Crippen LogP contribution is 2.25. The van der Waals surface area contributed by atoms with Crippen LogP contribution >= 0.6 is 0 Å². The Bertz CT molecular complexity index is 848. The summed E-state index contributed by atoms with van der Waals surface area (Å²) in [6.45, 7) is 2.22. The summed E-state index contributed by atoms with van der Waals surface area (Å²) < 4.78 is 5.63. The van der Waals surface area contributed by atoms with Crippen molar-refractivity contribution in [2.24, 2.45) is 0 Å². The van der Waals surface area contributed by atoms with Crippen LogP contribution < -0.4 is 0 Å². The van der Waals surface area contributed by atoms with Gasteiger partial charge in [0.1, 0.15) is 0 Å². The molecule has 1 amide bonds. The van der Waals surface area contributed by atoms with Crippen LogP contribution in [0, 0.1) is 0 Å². The number of nitrogens with zero attached hydrogens (tertiary/aromatic N) is 2. The lowest BCUT2D eigenvalue weighted by atomic mass is 10.1. The monoisotopic (exact) mass is 332 g/mol. The largest absolute Gasteiger partial charge is 0.376 e. The molecule has 4 heteroatoms. The van der Waals surface area contributed by atoms with E-state index >= 15 is 0 Å². The SMILES string of the molecule is O=C(CCOCc1ccccc1)N1Cc2cc3ccccc3nc2C1. The summed E-state index contributed by atoms with van der Waals surface area (Å²) in [7, 11) is 0. The molecule has 0 radical (unpaired) electrons. The lowest BCUT2D eigenvalue weighted by Crippen LogP contribution is -2.26. The second kappa shape index (κ2) is 7.03. The van der Waals surface area contributed by atoms with Gasteiger partial charge in [0.25, 0.3) is 0 Å². The van der Waals surface area contributed by atoms with E-state index in [1.165, 1.54) is 0 Å². The number of carbonyl (C=O) groups is 1. The van der Waals surface area contributed by atoms with E-state index in [0.717, 1.165) is 27.7 Å². The molecule has 4 nitrogen and oxygen atoms in total. The van der Waals surface area contributed by atoms with E-state index in [1.54, 1.807) is 0 Å². The van der Waals surface area contributed by atoms with E-state index in [1.807, 2.05) is 53.4 Å². The molecule has 0 bridgehead atoms. The van der Waals surface area contributed by atoms with Gasteiger partial charge in [-0.05, 0) is 23.3 Å². The summed E-state index contributed by atoms with van der Waals surface area (Å²) in [5, 5.41) is 1.13. The minimum absolute atomic E-state index is 0.120. The van der Waals surface area contributed by atoms with Crippen molar-refractivity contribution in [3.8, 4) is 0 Å². The predicted molar refractivity (Wildman–Crippen MR) is 96.7 cm³/mol. The van der Waals surface area contributed by atoms with E-state index in [9.17, 15) is 4.79 Å². The van der Waals surface area contributed by atoms with Crippen LogP contribution in [-0.4, -0.2) is 22.4 Å². The fourth-order valence-corrected chi connectivity index (χ4v) is 3.17. The topological polar surface area (TPSA) is 42.4 Å². The van der Waals surface area contributed by atoms with E-state index in [0.29, 0.717) is 32.7 Å². The van der Waals surface area contributed by atoms with E-state index in [2.05, 4.69) is 12.1 Å². The van der Waals surface area contributed by atoms with Crippen LogP contribution in [0.4, 0.5) is 0 Å². The molecule has 0 aliphatic carbocycles. The minimum Gasteiger partial charge on any atom is -0.376 e. The number of rotatable bonds is 5. The van der Waals surface area contributed by atoms with Crippen molar-refractivity contribution in [2.45, 2.75) is 26.1 Å². The molecule has 0 fully saturated rings. The minimum atomic E-state index is 0.120. The van der Waals surface area contributed by atoms with E-state index in [-0.39, 0.29) is 5.91 Å². The van der Waals surface area contributed by atoms with Gasteiger partial charge in [-0.25, -0.2) is 0 Å². The van der Waals surface area contributed by atoms with Crippen molar-refractivity contribution in [3.63, 3.8) is 0 Å². The van der Waals surface area contributed by atoms with Gasteiger partial charge in [0.2, 0.25) is 5.91 Å². The average Bonchev–Trinajstić information content (AvgIpc) is 3.07. The van der Waals surface area contributed by atoms with Crippen LogP contribution in [0.15, 0.2) is 60.7 Å². The quantitative estimate of drug-likeness (QED) is 0.669. The molecule has 1 aromatic heterocycles. The van der Waals surface area contributed by atoms with E-state index in [4.69, 9.17) is 9.72 Å². The van der Waals surface area contributed by atoms with Gasteiger partial charge < -0.3 is 9.64 Å². The second-order valence-corrected chi connectivity index (χ2v) is 6.32. The van der Waals surface area contributed by atoms with Crippen molar-refractivity contribution in [3.05, 3.63) is 77.5 Å². The summed E-state index contributed by atoms with van der Waals surface area (Å²) in [6.07, 6.45) is 0.403. The van der Waals surface area contributed by atoms with Crippen molar-refractivity contribution >= 4 is 16.8 Å². The highest BCUT2D eigenvalue weighted by Gasteiger charge is 2.24. The lowest BCUT2D eigenvalue weighted by molar-refractivity contribution is -0.133. The Hall–Kier alpha value is -2.72. The summed E-state index contributed by atoms with van der Waals surface area (Å²) in [4.78, 5) is 19.0. The number of hydrogen-bond donors (Lipinski definition) is 0. The van der Waals surface area contributed by atoms with Gasteiger partial charge >= 0.3 is 0 Å². The van der Waals surface area contributed by atoms with Crippen LogP contribution in [0.3, 0.4) is 0 Å². The highest BCUT2D eigenvalue weighted by atomic mass is 16.5. The normalized spacial score (nSPS) is 13.2. The summed E-state index contributed by atoms with van der Waals surface area (Å²) in [5.41, 5.74) is 4.27. The van der Waals surface area contributed by atoms with E-state index < -0.39 is 0 Å². The van der Waals surface area contributed by atoms with Crippen LogP contribution in [0.1, 0.15) is 23.2 Å². The number of amides is 1. The number of hydrogen-bond acceptors (Lipinski definition) is 3. The Morgan fingerprint density at radius 2 is 1.84 bits per heavy atom. The zero-order chi connectivity index (χ0) is 17.1. The smallest absolute Gasteiger partial charge is 0.225 e. The number of aromatic nitrogens is 1. The molecule has 0 atom stereocenters. The summed E-state index contributed by atoms with van der Waals surface area (Å²) in [6, 6.07) is 20.2. The first kappa shape index (κ1) is 15.8. The fourth-order valence-electron chi connectivity index (χ4n) is 3.17. The maximum Gasteiger partial charge on any atom is 0.225 e. The van der Waals surface area contributed by atoms with Gasteiger partial charge in [-0.2, -0.15) is 0 Å². The molecule has 0 saturated carbocycles. The molecule has 126 valence electrons. The Morgan fingerprint density at radius 1 is 1.04 bits per heavy atom. The van der Waals surface area contributed by atoms with Crippen LogP contribution in [-0.2, 0) is 29.2 Å². The van der Waals surface area contributed by atoms with Crippen LogP contribution in [0.25, 0.3) is 10.9 Å². The van der Waals surface area contributed by atoms with Gasteiger partial charge in [0, 0.05) is 11.9 Å². The molecule has 4 rings (SSSR count). The maximum atomic E-state index is 12.4. The third-order valence-corrected chi connectivity index (χ3v) is 4.52. The first-order chi connectivity index (χ1) is 12.3. The van der Waals surface area contributed by atoms with Crippen molar-refractivity contribution < 1.29 is 9.53 Å². The standard InChI is InChI=1S/C21H20N2O2/c24-21(10-11-25-15-16-6-2-1-3-7-16)23-13-18-12-17-8-4-5-9-19(17)22-20(18)14-23/h1-9,12H,10-11,13-15H2. The molecular formula is C21H20N2O2. The van der Waals surface area contributed by atoms with Gasteiger partial charge in [0.15, 0.2) is 0 Å². The van der Waals surface area contributed by atoms with Gasteiger partial charge in [-0.15, -0.1) is 0 Å². The van der Waals surface area contributed by atoms with Gasteiger partial charge in [-0.1, -0.05) is 48.5 Å². The maximum absolute atomic E-state index is 12.4. The summed E-state index contributed by atoms with van der Waals surface area (Å²) in [5.74, 6) is 0.120. The molecule has 0 saturated heterocycles. The number of pyridine rings is 1. The molecule has 2 aromatic carbocycles. The van der Waals surface area contributed by atoms with Crippen molar-refractivity contribution in [1.29, 1.82) is 0 Å². The van der Waals surface area contributed by atoms with Crippen molar-refractivity contribution in [2.75, 3.05) is 6.61 Å². The number of benzene rings is 2. The Balaban J connectivity index is 1.32. The first-order valence-corrected chi connectivity index (χ1v) is 8.56. The molecule has 3 aromatic rings. The summed E-state index contributed by atoms with van der Waals surface area (Å²) >= 11 is 0. The molecule has 1 aliphatic rings. The van der Waals surface area contributed by atoms with Gasteiger partial charge in [-0.3, -0.25) is 9.78 Å². The molecule has 0 spiro atoms. The fraction of sp³-hybridized carbons (Fsp3) is 0.238. The number of ether oxygens (including phenoxy) is 1. The molecule has 25 heavy (non-hydrogen) atoms. The zero-order valence-electron chi connectivity index (χ0n) is 14.0. The van der Waals surface area contributed by atoms with Crippen molar-refractivity contribution in [1.82, 2.24) is 9.88 Å². The van der Waals surface area contributed by atoms with Crippen LogP contribution in [0.2, 0.25) is 0 Å². The lowest BCUT2D eigenvalue weighted by Gasteiger charge is -2.15. The molecular weight excluding hydrogens is 312 g/mol. The molecule has 0 N–H and O–H groups in total. The molecule has 1 aliphatic heterocycles. The predicted octanol–water partition coefficient (Wildman–Crippen LogP) is 3.68. The number of carbonyl (C=O) groups excluding carboxylic acids is 1. The Morgan fingerprint density at radius 3 is 2.72 bits per heavy atom. The molecule has 0 unspecified atom stereocenters. The number of fused-ring (bicyclic) bond motifs is 2. The Kier molecular flexibility index (Phi) is 4.44. The molecule has 2 heterocycles. The van der Waals surface area contributed by atoms with Crippen LogP contribution in [0.5, 0.6) is 0 Å². The third kappa shape index (κ3) is 3.54. The Labute approximate surface area is 147 Å². The highest BCUT2D eigenvalue weighted by molar-refractivity contribution is 5.81. The number of para-hydroxylation sites is 1.